The number of carbonyl (C=O) groups is 1. The predicted molar refractivity (Wildman–Crippen MR) is 133 cm³/mol. The Hall–Kier alpha value is -3.91. The van der Waals surface area contributed by atoms with Gasteiger partial charge in [-0.3, -0.25) is 9.20 Å². The molecule has 0 atom stereocenters. The Morgan fingerprint density at radius 1 is 1.03 bits per heavy atom. The van der Waals surface area contributed by atoms with Gasteiger partial charge in [-0.25, -0.2) is 4.98 Å². The molecule has 0 unspecified atom stereocenters. The second-order valence-corrected chi connectivity index (χ2v) is 9.06. The number of rotatable bonds is 4. The number of nitrogens with zero attached hydrogens (tertiary/aromatic N) is 5. The maximum atomic E-state index is 13.2. The van der Waals surface area contributed by atoms with E-state index < -0.39 is 0 Å². The predicted octanol–water partition coefficient (Wildman–Crippen LogP) is 4.77. The van der Waals surface area contributed by atoms with Crippen LogP contribution in [0.25, 0.3) is 27.9 Å². The number of thioether (sulfide) groups is 1. The molecule has 7 nitrogen and oxygen atoms in total. The van der Waals surface area contributed by atoms with Crippen molar-refractivity contribution in [3.63, 3.8) is 0 Å². The summed E-state index contributed by atoms with van der Waals surface area (Å²) in [6, 6.07) is 23.8. The van der Waals surface area contributed by atoms with E-state index in [0.717, 1.165) is 44.9 Å². The maximum Gasteiger partial charge on any atom is 0.237 e. The molecule has 3 heterocycles. The van der Waals surface area contributed by atoms with E-state index in [2.05, 4.69) is 10.2 Å². The molecule has 1 aliphatic rings. The molecule has 0 saturated carbocycles. The molecule has 0 spiro atoms. The summed E-state index contributed by atoms with van der Waals surface area (Å²) in [6.45, 7) is 3.02. The second kappa shape index (κ2) is 8.46. The van der Waals surface area contributed by atoms with Crippen molar-refractivity contribution >= 4 is 39.9 Å². The summed E-state index contributed by atoms with van der Waals surface area (Å²) in [5.74, 6) is 1.73. The number of aryl methyl sites for hydroxylation is 1. The molecular weight excluding hydrogens is 446 g/mol. The summed E-state index contributed by atoms with van der Waals surface area (Å²) in [6.07, 6.45) is 0. The van der Waals surface area contributed by atoms with Gasteiger partial charge in [0.05, 0.1) is 23.5 Å². The van der Waals surface area contributed by atoms with Crippen molar-refractivity contribution in [3.8, 4) is 17.1 Å². The molecule has 0 N–H and O–H groups in total. The lowest BCUT2D eigenvalue weighted by molar-refractivity contribution is -0.116. The maximum absolute atomic E-state index is 13.2. The standard InChI is InChI=1S/C26H21N5O2S/c1-17-11-12-22-21(15-17)30(13-14-33-22)23(32)16-34-26-29-28-25-19-9-5-6-10-20(19)27-24(31(25)26)18-7-3-2-4-8-18/h2-12,15H,13-14,16H2,1H3. The van der Waals surface area contributed by atoms with Crippen molar-refractivity contribution in [3.05, 3.63) is 78.4 Å². The van der Waals surface area contributed by atoms with Crippen molar-refractivity contribution in [1.29, 1.82) is 0 Å². The summed E-state index contributed by atoms with van der Waals surface area (Å²) < 4.78 is 7.69. The first kappa shape index (κ1) is 20.7. The number of aromatic nitrogens is 4. The smallest absolute Gasteiger partial charge is 0.237 e. The summed E-state index contributed by atoms with van der Waals surface area (Å²) in [4.78, 5) is 20.0. The van der Waals surface area contributed by atoms with E-state index in [4.69, 9.17) is 9.72 Å². The number of hydrogen-bond acceptors (Lipinski definition) is 6. The van der Waals surface area contributed by atoms with Gasteiger partial charge in [-0.15, -0.1) is 10.2 Å². The SMILES string of the molecule is Cc1ccc2c(c1)N(C(=O)CSc1nnc3c4ccccc4nc(-c4ccccc4)n13)CCO2. The van der Waals surface area contributed by atoms with Crippen molar-refractivity contribution in [1.82, 2.24) is 19.6 Å². The lowest BCUT2D eigenvalue weighted by atomic mass is 10.1. The fraction of sp³-hybridized carbons (Fsp3) is 0.154. The Labute approximate surface area is 200 Å². The average Bonchev–Trinajstić information content (AvgIpc) is 3.31. The zero-order chi connectivity index (χ0) is 23.1. The largest absolute Gasteiger partial charge is 0.490 e. The number of benzene rings is 3. The molecule has 0 bridgehead atoms. The number of para-hydroxylation sites is 1. The first-order valence-corrected chi connectivity index (χ1v) is 12.0. The minimum absolute atomic E-state index is 0.00640. The van der Waals surface area contributed by atoms with E-state index in [9.17, 15) is 4.79 Å². The van der Waals surface area contributed by atoms with Crippen LogP contribution in [0, 0.1) is 6.92 Å². The van der Waals surface area contributed by atoms with Crippen molar-refractivity contribution in [2.75, 3.05) is 23.8 Å². The van der Waals surface area contributed by atoms with Gasteiger partial charge in [-0.2, -0.15) is 0 Å². The first-order valence-electron chi connectivity index (χ1n) is 11.0. The van der Waals surface area contributed by atoms with Crippen LogP contribution in [-0.2, 0) is 4.79 Å². The van der Waals surface area contributed by atoms with Gasteiger partial charge in [-0.1, -0.05) is 60.3 Å². The highest BCUT2D eigenvalue weighted by Gasteiger charge is 2.25. The fourth-order valence-electron chi connectivity index (χ4n) is 4.22. The summed E-state index contributed by atoms with van der Waals surface area (Å²) in [5, 5.41) is 10.5. The molecule has 2 aromatic heterocycles. The highest BCUT2D eigenvalue weighted by molar-refractivity contribution is 7.99. The Morgan fingerprint density at radius 3 is 2.74 bits per heavy atom. The van der Waals surface area contributed by atoms with Crippen LogP contribution in [0.2, 0.25) is 0 Å². The molecule has 168 valence electrons. The molecule has 0 saturated heterocycles. The first-order chi connectivity index (χ1) is 16.7. The molecule has 3 aromatic carbocycles. The summed E-state index contributed by atoms with van der Waals surface area (Å²) in [5.41, 5.74) is 4.45. The van der Waals surface area contributed by atoms with Crippen molar-refractivity contribution in [2.45, 2.75) is 12.1 Å². The van der Waals surface area contributed by atoms with Crippen LogP contribution in [0.15, 0.2) is 78.0 Å². The third-order valence-corrected chi connectivity index (χ3v) is 6.77. The van der Waals surface area contributed by atoms with Crippen molar-refractivity contribution < 1.29 is 9.53 Å². The van der Waals surface area contributed by atoms with E-state index in [1.807, 2.05) is 84.1 Å². The minimum atomic E-state index is 0.00640. The van der Waals surface area contributed by atoms with Crippen LogP contribution in [-0.4, -0.2) is 44.4 Å². The van der Waals surface area contributed by atoms with Gasteiger partial charge < -0.3 is 9.64 Å². The molecule has 1 aliphatic heterocycles. The zero-order valence-electron chi connectivity index (χ0n) is 18.5. The van der Waals surface area contributed by atoms with Gasteiger partial charge in [0.1, 0.15) is 18.2 Å². The zero-order valence-corrected chi connectivity index (χ0v) is 19.3. The van der Waals surface area contributed by atoms with Crippen LogP contribution in [0.4, 0.5) is 5.69 Å². The molecule has 34 heavy (non-hydrogen) atoms. The number of fused-ring (bicyclic) bond motifs is 4. The Kier molecular flexibility index (Phi) is 5.15. The van der Waals surface area contributed by atoms with Crippen LogP contribution < -0.4 is 9.64 Å². The van der Waals surface area contributed by atoms with Gasteiger partial charge in [0.25, 0.3) is 0 Å². The average molecular weight is 468 g/mol. The van der Waals surface area contributed by atoms with E-state index >= 15 is 0 Å². The Balaban J connectivity index is 1.37. The van der Waals surface area contributed by atoms with Crippen LogP contribution in [0.5, 0.6) is 5.75 Å². The van der Waals surface area contributed by atoms with E-state index in [0.29, 0.717) is 18.3 Å². The highest BCUT2D eigenvalue weighted by atomic mass is 32.2. The molecule has 6 rings (SSSR count). The lowest BCUT2D eigenvalue weighted by Crippen LogP contribution is -2.39. The lowest BCUT2D eigenvalue weighted by Gasteiger charge is -2.29. The Bertz CT molecular complexity index is 1530. The molecule has 5 aromatic rings. The summed E-state index contributed by atoms with van der Waals surface area (Å²) >= 11 is 1.37. The van der Waals surface area contributed by atoms with Gasteiger partial charge in [0.2, 0.25) is 5.91 Å². The Morgan fingerprint density at radius 2 is 1.85 bits per heavy atom. The number of anilines is 1. The monoisotopic (exact) mass is 467 g/mol. The highest BCUT2D eigenvalue weighted by Crippen LogP contribution is 2.34. The topological polar surface area (TPSA) is 72.6 Å². The number of amides is 1. The van der Waals surface area contributed by atoms with E-state index in [-0.39, 0.29) is 11.7 Å². The van der Waals surface area contributed by atoms with Gasteiger partial charge in [-0.05, 0) is 36.8 Å². The molecule has 1 amide bonds. The molecule has 0 fully saturated rings. The minimum Gasteiger partial charge on any atom is -0.490 e. The second-order valence-electron chi connectivity index (χ2n) is 8.11. The molecular formula is C26H21N5O2S. The third kappa shape index (κ3) is 3.56. The summed E-state index contributed by atoms with van der Waals surface area (Å²) in [7, 11) is 0. The van der Waals surface area contributed by atoms with Crippen LogP contribution >= 0.6 is 11.8 Å². The van der Waals surface area contributed by atoms with Crippen LogP contribution in [0.3, 0.4) is 0 Å². The quantitative estimate of drug-likeness (QED) is 0.355. The fourth-order valence-corrected chi connectivity index (χ4v) is 5.03. The molecule has 8 heteroatoms. The van der Waals surface area contributed by atoms with Crippen LogP contribution in [0.1, 0.15) is 5.56 Å². The number of hydrogen-bond donors (Lipinski definition) is 0. The number of ether oxygens (including phenoxy) is 1. The van der Waals surface area contributed by atoms with E-state index in [1.165, 1.54) is 11.8 Å². The number of carbonyl (C=O) groups excluding carboxylic acids is 1. The normalized spacial score (nSPS) is 13.1. The van der Waals surface area contributed by atoms with Gasteiger partial charge >= 0.3 is 0 Å². The van der Waals surface area contributed by atoms with Gasteiger partial charge in [0.15, 0.2) is 10.8 Å². The van der Waals surface area contributed by atoms with Gasteiger partial charge in [0, 0.05) is 10.9 Å². The molecule has 0 radical (unpaired) electrons. The third-order valence-electron chi connectivity index (χ3n) is 5.85. The van der Waals surface area contributed by atoms with E-state index in [1.54, 1.807) is 4.90 Å². The molecule has 0 aliphatic carbocycles. The van der Waals surface area contributed by atoms with Crippen molar-refractivity contribution in [2.24, 2.45) is 0 Å².